The maximum atomic E-state index is 11.4. The molecule has 2 N–H and O–H groups in total. The Kier molecular flexibility index (Phi) is 5.36. The van der Waals surface area contributed by atoms with Crippen LogP contribution < -0.4 is 10.5 Å². The monoisotopic (exact) mass is 265 g/mol. The van der Waals surface area contributed by atoms with Crippen molar-refractivity contribution in [3.8, 4) is 5.75 Å². The van der Waals surface area contributed by atoms with Gasteiger partial charge in [0.15, 0.2) is 0 Å². The van der Waals surface area contributed by atoms with E-state index in [2.05, 4.69) is 0 Å². The molecule has 0 radical (unpaired) electrons. The third-order valence-electron chi connectivity index (χ3n) is 2.39. The van der Waals surface area contributed by atoms with E-state index < -0.39 is 6.04 Å². The second kappa shape index (κ2) is 6.57. The fourth-order valence-corrected chi connectivity index (χ4v) is 1.63. The molecule has 0 spiro atoms. The highest BCUT2D eigenvalue weighted by molar-refractivity contribution is 5.75. The van der Waals surface area contributed by atoms with Crippen LogP contribution in [0.15, 0.2) is 24.3 Å². The Hall–Kier alpha value is -1.55. The predicted molar refractivity (Wildman–Crippen MR) is 75.1 cm³/mol. The number of carbonyl (C=O) groups excluding carboxylic acids is 1. The van der Waals surface area contributed by atoms with Gasteiger partial charge >= 0.3 is 5.97 Å². The number of benzene rings is 1. The molecule has 106 valence electrons. The maximum absolute atomic E-state index is 11.4. The smallest absolute Gasteiger partial charge is 0.323 e. The zero-order valence-electron chi connectivity index (χ0n) is 12.1. The number of carbonyl (C=O) groups is 1. The highest BCUT2D eigenvalue weighted by atomic mass is 16.5. The van der Waals surface area contributed by atoms with E-state index in [1.165, 1.54) is 0 Å². The average molecular weight is 265 g/mol. The van der Waals surface area contributed by atoms with Gasteiger partial charge in [0.05, 0.1) is 6.61 Å². The zero-order chi connectivity index (χ0) is 14.5. The molecule has 0 aromatic heterocycles. The second-order valence-corrected chi connectivity index (χ2v) is 5.42. The lowest BCUT2D eigenvalue weighted by molar-refractivity contribution is -0.144. The first-order valence-electron chi connectivity index (χ1n) is 6.52. The van der Waals surface area contributed by atoms with E-state index in [1.54, 1.807) is 6.92 Å². The van der Waals surface area contributed by atoms with Crippen molar-refractivity contribution in [1.82, 2.24) is 0 Å². The van der Waals surface area contributed by atoms with Crippen molar-refractivity contribution in [1.29, 1.82) is 0 Å². The number of hydrogen-bond acceptors (Lipinski definition) is 4. The molecule has 0 aliphatic carbocycles. The molecule has 1 atom stereocenters. The summed E-state index contributed by atoms with van der Waals surface area (Å²) in [6.07, 6.45) is 0.467. The summed E-state index contributed by atoms with van der Waals surface area (Å²) < 4.78 is 10.6. The Labute approximate surface area is 114 Å². The largest absolute Gasteiger partial charge is 0.488 e. The van der Waals surface area contributed by atoms with Crippen molar-refractivity contribution in [2.75, 3.05) is 6.61 Å². The maximum Gasteiger partial charge on any atom is 0.323 e. The molecule has 1 aromatic carbocycles. The quantitative estimate of drug-likeness (QED) is 0.830. The van der Waals surface area contributed by atoms with Crippen molar-refractivity contribution in [2.45, 2.75) is 45.8 Å². The highest BCUT2D eigenvalue weighted by Gasteiger charge is 2.15. The van der Waals surface area contributed by atoms with Gasteiger partial charge in [-0.2, -0.15) is 0 Å². The summed E-state index contributed by atoms with van der Waals surface area (Å²) in [6, 6.07) is 6.99. The highest BCUT2D eigenvalue weighted by Crippen LogP contribution is 2.19. The van der Waals surface area contributed by atoms with Crippen molar-refractivity contribution in [2.24, 2.45) is 5.73 Å². The molecule has 19 heavy (non-hydrogen) atoms. The average Bonchev–Trinajstić information content (AvgIpc) is 2.30. The predicted octanol–water partition coefficient (Wildman–Crippen LogP) is 2.30. The van der Waals surface area contributed by atoms with Gasteiger partial charge in [0.25, 0.3) is 0 Å². The first-order chi connectivity index (χ1) is 8.81. The van der Waals surface area contributed by atoms with Crippen LogP contribution in [0.2, 0.25) is 0 Å². The lowest BCUT2D eigenvalue weighted by atomic mass is 10.1. The lowest BCUT2D eigenvalue weighted by Crippen LogP contribution is -2.34. The van der Waals surface area contributed by atoms with Crippen molar-refractivity contribution >= 4 is 5.97 Å². The van der Waals surface area contributed by atoms with Crippen LogP contribution in [0.1, 0.15) is 33.3 Å². The molecule has 0 unspecified atom stereocenters. The molecule has 0 aliphatic rings. The summed E-state index contributed by atoms with van der Waals surface area (Å²) in [5.74, 6) is 0.443. The Bertz CT molecular complexity index is 406. The molecule has 0 aliphatic heterocycles. The fraction of sp³-hybridized carbons (Fsp3) is 0.533. The summed E-state index contributed by atoms with van der Waals surface area (Å²) in [5.41, 5.74) is 6.54. The third-order valence-corrected chi connectivity index (χ3v) is 2.39. The summed E-state index contributed by atoms with van der Waals surface area (Å²) in [7, 11) is 0. The molecule has 1 aromatic rings. The minimum absolute atomic E-state index is 0.219. The van der Waals surface area contributed by atoms with E-state index in [0.717, 1.165) is 11.3 Å². The topological polar surface area (TPSA) is 61.5 Å². The fourth-order valence-electron chi connectivity index (χ4n) is 1.63. The van der Waals surface area contributed by atoms with E-state index in [0.29, 0.717) is 13.0 Å². The Balaban J connectivity index is 2.59. The molecule has 0 fully saturated rings. The van der Waals surface area contributed by atoms with E-state index >= 15 is 0 Å². The van der Waals surface area contributed by atoms with Gasteiger partial charge in [-0.25, -0.2) is 0 Å². The van der Waals surface area contributed by atoms with Gasteiger partial charge in [-0.1, -0.05) is 12.1 Å². The van der Waals surface area contributed by atoms with Crippen LogP contribution in [0.4, 0.5) is 0 Å². The van der Waals surface area contributed by atoms with Crippen molar-refractivity contribution < 1.29 is 14.3 Å². The van der Waals surface area contributed by atoms with E-state index in [1.807, 2.05) is 45.0 Å². The first-order valence-corrected chi connectivity index (χ1v) is 6.52. The Morgan fingerprint density at radius 2 is 1.84 bits per heavy atom. The molecule has 4 heteroatoms. The number of hydrogen-bond donors (Lipinski definition) is 1. The molecular weight excluding hydrogens is 242 g/mol. The van der Waals surface area contributed by atoms with Gasteiger partial charge in [0.1, 0.15) is 17.4 Å². The molecule has 4 nitrogen and oxygen atoms in total. The van der Waals surface area contributed by atoms with Crippen LogP contribution in [-0.2, 0) is 16.0 Å². The minimum Gasteiger partial charge on any atom is -0.488 e. The van der Waals surface area contributed by atoms with Crippen molar-refractivity contribution in [3.05, 3.63) is 29.8 Å². The third kappa shape index (κ3) is 5.75. The van der Waals surface area contributed by atoms with Gasteiger partial charge in [-0.15, -0.1) is 0 Å². The van der Waals surface area contributed by atoms with Crippen LogP contribution in [0, 0.1) is 0 Å². The standard InChI is InChI=1S/C15H23NO3/c1-5-18-14(17)13(16)10-11-6-8-12(9-7-11)19-15(2,3)4/h6-9,13H,5,10,16H2,1-4H3/t13-/m0/s1. The lowest BCUT2D eigenvalue weighted by Gasteiger charge is -2.21. The molecular formula is C15H23NO3. The van der Waals surface area contributed by atoms with Crippen molar-refractivity contribution in [3.63, 3.8) is 0 Å². The Morgan fingerprint density at radius 3 is 2.32 bits per heavy atom. The van der Waals surface area contributed by atoms with Crippen LogP contribution in [0.5, 0.6) is 5.75 Å². The summed E-state index contributed by atoms with van der Waals surface area (Å²) in [6.45, 7) is 8.11. The number of rotatable bonds is 5. The van der Waals surface area contributed by atoms with E-state index in [9.17, 15) is 4.79 Å². The summed E-state index contributed by atoms with van der Waals surface area (Å²) in [5, 5.41) is 0. The summed E-state index contributed by atoms with van der Waals surface area (Å²) in [4.78, 5) is 11.4. The zero-order valence-corrected chi connectivity index (χ0v) is 12.1. The van der Waals surface area contributed by atoms with Gasteiger partial charge < -0.3 is 15.2 Å². The number of nitrogens with two attached hydrogens (primary N) is 1. The second-order valence-electron chi connectivity index (χ2n) is 5.42. The van der Waals surface area contributed by atoms with Crippen LogP contribution in [0.25, 0.3) is 0 Å². The number of esters is 1. The van der Waals surface area contributed by atoms with Gasteiger partial charge in [-0.3, -0.25) is 4.79 Å². The van der Waals surface area contributed by atoms with Gasteiger partial charge in [0, 0.05) is 0 Å². The molecule has 0 bridgehead atoms. The molecule has 1 rings (SSSR count). The molecule has 0 saturated carbocycles. The molecule has 0 heterocycles. The van der Waals surface area contributed by atoms with Gasteiger partial charge in [0.2, 0.25) is 0 Å². The van der Waals surface area contributed by atoms with Crippen LogP contribution in [-0.4, -0.2) is 24.2 Å². The Morgan fingerprint density at radius 1 is 1.26 bits per heavy atom. The van der Waals surface area contributed by atoms with Crippen LogP contribution >= 0.6 is 0 Å². The van der Waals surface area contributed by atoms with E-state index in [4.69, 9.17) is 15.2 Å². The molecule has 0 amide bonds. The first kappa shape index (κ1) is 15.5. The van der Waals surface area contributed by atoms with E-state index in [-0.39, 0.29) is 11.6 Å². The van der Waals surface area contributed by atoms with Crippen LogP contribution in [0.3, 0.4) is 0 Å². The minimum atomic E-state index is -0.616. The normalized spacial score (nSPS) is 12.9. The number of ether oxygens (including phenoxy) is 2. The SMILES string of the molecule is CCOC(=O)[C@@H](N)Cc1ccc(OC(C)(C)C)cc1. The summed E-state index contributed by atoms with van der Waals surface area (Å²) >= 11 is 0. The molecule has 0 saturated heterocycles. The van der Waals surface area contributed by atoms with Gasteiger partial charge in [-0.05, 0) is 51.8 Å².